The number of ether oxygens (including phenoxy) is 3. The van der Waals surface area contributed by atoms with Gasteiger partial charge in [-0.3, -0.25) is 4.79 Å². The van der Waals surface area contributed by atoms with Gasteiger partial charge in [-0.15, -0.1) is 0 Å². The second-order valence-electron chi connectivity index (χ2n) is 6.28. The van der Waals surface area contributed by atoms with E-state index >= 15 is 0 Å². The Morgan fingerprint density at radius 1 is 1.25 bits per heavy atom. The minimum atomic E-state index is -0.605. The average Bonchev–Trinajstić information content (AvgIpc) is 2.86. The molecule has 130 valence electrons. The zero-order valence-electron chi connectivity index (χ0n) is 14.2. The van der Waals surface area contributed by atoms with Crippen LogP contribution in [-0.4, -0.2) is 68.3 Å². The Morgan fingerprint density at radius 3 is 2.67 bits per heavy atom. The lowest BCUT2D eigenvalue weighted by Gasteiger charge is -2.38. The number of hydrogen-bond donors (Lipinski definition) is 0. The Labute approximate surface area is 141 Å². The number of likely N-dealkylation sites (N-methyl/N-ethyl adjacent to an activating group) is 1. The van der Waals surface area contributed by atoms with Gasteiger partial charge in [-0.1, -0.05) is 6.07 Å². The van der Waals surface area contributed by atoms with Gasteiger partial charge >= 0.3 is 6.09 Å². The third-order valence-corrected chi connectivity index (χ3v) is 4.60. The van der Waals surface area contributed by atoms with Crippen LogP contribution in [0.15, 0.2) is 18.2 Å². The smallest absolute Gasteiger partial charge is 0.410 e. The fraction of sp³-hybridized carbons (Fsp3) is 0.529. The molecule has 0 saturated carbocycles. The molecule has 2 fully saturated rings. The minimum Gasteiger partial charge on any atom is -0.493 e. The lowest BCUT2D eigenvalue weighted by molar-refractivity contribution is -0.00532. The molecule has 0 aliphatic carbocycles. The van der Waals surface area contributed by atoms with Gasteiger partial charge in [0, 0.05) is 13.6 Å². The largest absolute Gasteiger partial charge is 0.493 e. The van der Waals surface area contributed by atoms with Gasteiger partial charge in [-0.05, 0) is 25.0 Å². The minimum absolute atomic E-state index is 0.143. The van der Waals surface area contributed by atoms with Gasteiger partial charge in [0.1, 0.15) is 5.60 Å². The van der Waals surface area contributed by atoms with Crippen molar-refractivity contribution in [2.45, 2.75) is 18.4 Å². The summed E-state index contributed by atoms with van der Waals surface area (Å²) in [6.45, 7) is 1.52. The van der Waals surface area contributed by atoms with E-state index in [0.717, 1.165) is 12.8 Å². The van der Waals surface area contributed by atoms with Crippen LogP contribution in [0.2, 0.25) is 0 Å². The summed E-state index contributed by atoms with van der Waals surface area (Å²) in [6.07, 6.45) is 1.23. The van der Waals surface area contributed by atoms with Crippen LogP contribution in [-0.2, 0) is 4.74 Å². The Bertz CT molecular complexity index is 662. The first-order valence-corrected chi connectivity index (χ1v) is 7.94. The van der Waals surface area contributed by atoms with Crippen LogP contribution in [0, 0.1) is 0 Å². The summed E-state index contributed by atoms with van der Waals surface area (Å²) < 4.78 is 16.2. The molecule has 2 aliphatic heterocycles. The molecule has 24 heavy (non-hydrogen) atoms. The fourth-order valence-electron chi connectivity index (χ4n) is 3.50. The molecular formula is C17H22N2O5. The van der Waals surface area contributed by atoms with Gasteiger partial charge in [0.2, 0.25) is 0 Å². The van der Waals surface area contributed by atoms with Crippen molar-refractivity contribution in [2.24, 2.45) is 0 Å². The lowest BCUT2D eigenvalue weighted by Crippen LogP contribution is -2.52. The number of carbonyl (C=O) groups is 2. The number of para-hydroxylation sites is 1. The van der Waals surface area contributed by atoms with E-state index in [2.05, 4.69) is 0 Å². The summed E-state index contributed by atoms with van der Waals surface area (Å²) in [5.74, 6) is 0.794. The molecule has 2 amide bonds. The van der Waals surface area contributed by atoms with Gasteiger partial charge in [-0.25, -0.2) is 4.79 Å². The van der Waals surface area contributed by atoms with Crippen LogP contribution < -0.4 is 9.47 Å². The van der Waals surface area contributed by atoms with E-state index in [0.29, 0.717) is 36.7 Å². The van der Waals surface area contributed by atoms with Crippen LogP contribution in [0.5, 0.6) is 11.5 Å². The maximum absolute atomic E-state index is 13.0. The third kappa shape index (κ3) is 2.74. The molecule has 2 aliphatic rings. The van der Waals surface area contributed by atoms with E-state index in [1.54, 1.807) is 35.0 Å². The molecule has 2 saturated heterocycles. The number of likely N-dealkylation sites (tertiary alicyclic amines) is 1. The number of nitrogens with zero attached hydrogens (tertiary/aromatic N) is 2. The SMILES string of the molecule is COc1cccc(C(=O)N2CCC[C@]3(CN(C)C(=O)O3)C2)c1OC. The first-order chi connectivity index (χ1) is 11.5. The van der Waals surface area contributed by atoms with Crippen LogP contribution in [0.1, 0.15) is 23.2 Å². The average molecular weight is 334 g/mol. The number of carbonyl (C=O) groups excluding carboxylic acids is 2. The lowest BCUT2D eigenvalue weighted by atomic mass is 9.92. The summed E-state index contributed by atoms with van der Waals surface area (Å²) in [5.41, 5.74) is -0.155. The van der Waals surface area contributed by atoms with Crippen molar-refractivity contribution in [3.63, 3.8) is 0 Å². The topological polar surface area (TPSA) is 68.3 Å². The molecular weight excluding hydrogens is 312 g/mol. The molecule has 0 aromatic heterocycles. The number of rotatable bonds is 3. The zero-order valence-corrected chi connectivity index (χ0v) is 14.2. The van der Waals surface area contributed by atoms with E-state index in [1.807, 2.05) is 0 Å². The fourth-order valence-corrected chi connectivity index (χ4v) is 3.50. The first kappa shape index (κ1) is 16.4. The van der Waals surface area contributed by atoms with Crippen LogP contribution in [0.4, 0.5) is 4.79 Å². The number of piperidine rings is 1. The summed E-state index contributed by atoms with van der Waals surface area (Å²) in [4.78, 5) is 28.0. The van der Waals surface area contributed by atoms with Crippen molar-refractivity contribution < 1.29 is 23.8 Å². The molecule has 1 atom stereocenters. The van der Waals surface area contributed by atoms with Crippen LogP contribution >= 0.6 is 0 Å². The van der Waals surface area contributed by atoms with E-state index < -0.39 is 5.60 Å². The highest BCUT2D eigenvalue weighted by molar-refractivity contribution is 5.98. The predicted octanol–water partition coefficient (Wildman–Crippen LogP) is 1.76. The van der Waals surface area contributed by atoms with Crippen molar-refractivity contribution in [1.82, 2.24) is 9.80 Å². The van der Waals surface area contributed by atoms with E-state index in [9.17, 15) is 9.59 Å². The summed E-state index contributed by atoms with van der Waals surface area (Å²) in [7, 11) is 4.76. The Kier molecular flexibility index (Phi) is 4.26. The van der Waals surface area contributed by atoms with Gasteiger partial charge in [0.05, 0.1) is 32.9 Å². The molecule has 0 N–H and O–H groups in total. The first-order valence-electron chi connectivity index (χ1n) is 7.94. The highest BCUT2D eigenvalue weighted by Gasteiger charge is 2.47. The van der Waals surface area contributed by atoms with Gasteiger partial charge in [0.25, 0.3) is 5.91 Å². The zero-order chi connectivity index (χ0) is 17.3. The summed E-state index contributed by atoms with van der Waals surface area (Å²) in [6, 6.07) is 5.23. The van der Waals surface area contributed by atoms with Gasteiger partial charge < -0.3 is 24.0 Å². The van der Waals surface area contributed by atoms with Crippen molar-refractivity contribution in [2.75, 3.05) is 40.9 Å². The predicted molar refractivity (Wildman–Crippen MR) is 86.5 cm³/mol. The molecule has 1 aromatic rings. The maximum Gasteiger partial charge on any atom is 0.410 e. The highest BCUT2D eigenvalue weighted by Crippen LogP contribution is 2.35. The Hall–Kier alpha value is -2.44. The van der Waals surface area contributed by atoms with Crippen molar-refractivity contribution in [3.8, 4) is 11.5 Å². The van der Waals surface area contributed by atoms with E-state index in [1.165, 1.54) is 14.2 Å². The Morgan fingerprint density at radius 2 is 2.04 bits per heavy atom. The number of methoxy groups -OCH3 is 2. The van der Waals surface area contributed by atoms with Gasteiger partial charge in [-0.2, -0.15) is 0 Å². The van der Waals surface area contributed by atoms with Crippen molar-refractivity contribution >= 4 is 12.0 Å². The summed E-state index contributed by atoms with van der Waals surface area (Å²) in [5, 5.41) is 0. The van der Waals surface area contributed by atoms with Crippen LogP contribution in [0.3, 0.4) is 0 Å². The molecule has 1 aromatic carbocycles. The van der Waals surface area contributed by atoms with Gasteiger partial charge in [0.15, 0.2) is 11.5 Å². The number of hydrogen-bond acceptors (Lipinski definition) is 5. The highest BCUT2D eigenvalue weighted by atomic mass is 16.6. The molecule has 2 heterocycles. The molecule has 0 unspecified atom stereocenters. The monoisotopic (exact) mass is 334 g/mol. The van der Waals surface area contributed by atoms with E-state index in [-0.39, 0.29) is 12.0 Å². The molecule has 3 rings (SSSR count). The quantitative estimate of drug-likeness (QED) is 0.842. The third-order valence-electron chi connectivity index (χ3n) is 4.60. The van der Waals surface area contributed by atoms with E-state index in [4.69, 9.17) is 14.2 Å². The number of benzene rings is 1. The van der Waals surface area contributed by atoms with Crippen LogP contribution in [0.25, 0.3) is 0 Å². The second kappa shape index (κ2) is 6.22. The number of amides is 2. The normalized spacial score (nSPS) is 23.4. The second-order valence-corrected chi connectivity index (χ2v) is 6.28. The van der Waals surface area contributed by atoms with Crippen molar-refractivity contribution in [1.29, 1.82) is 0 Å². The molecule has 7 nitrogen and oxygen atoms in total. The molecule has 1 spiro atoms. The molecule has 0 radical (unpaired) electrons. The Balaban J connectivity index is 1.84. The summed E-state index contributed by atoms with van der Waals surface area (Å²) >= 11 is 0. The molecule has 0 bridgehead atoms. The standard InChI is InChI=1S/C17H22N2O5/c1-18-10-17(24-16(18)21)8-5-9-19(11-17)15(20)12-6-4-7-13(22-2)14(12)23-3/h4,6-7H,5,8-11H2,1-3H3/t17-/m0/s1. The van der Waals surface area contributed by atoms with Crippen molar-refractivity contribution in [3.05, 3.63) is 23.8 Å². The molecule has 7 heteroatoms. The maximum atomic E-state index is 13.0.